The molecule has 3 heteroatoms. The van der Waals surface area contributed by atoms with Crippen molar-refractivity contribution in [1.82, 2.24) is 0 Å². The SMILES string of the molecule is CCOc1cc(F)ccc1NC1CCCC1(C)C. The second kappa shape index (κ2) is 5.17. The van der Waals surface area contributed by atoms with Crippen molar-refractivity contribution in [3.05, 3.63) is 24.0 Å². The van der Waals surface area contributed by atoms with Gasteiger partial charge in [-0.2, -0.15) is 0 Å². The number of nitrogens with one attached hydrogen (secondary N) is 1. The molecule has 0 amide bonds. The molecule has 0 aliphatic heterocycles. The van der Waals surface area contributed by atoms with Crippen LogP contribution in [-0.4, -0.2) is 12.6 Å². The number of benzene rings is 1. The van der Waals surface area contributed by atoms with Crippen LogP contribution in [0.3, 0.4) is 0 Å². The summed E-state index contributed by atoms with van der Waals surface area (Å²) in [6.07, 6.45) is 3.64. The second-order valence-electron chi connectivity index (χ2n) is 5.65. The first-order chi connectivity index (χ1) is 8.53. The van der Waals surface area contributed by atoms with Gasteiger partial charge in [0.15, 0.2) is 0 Å². The standard InChI is InChI=1S/C15H22FNO/c1-4-18-13-10-11(16)7-8-12(13)17-14-6-5-9-15(14,2)3/h7-8,10,14,17H,4-6,9H2,1-3H3. The third-order valence-corrected chi connectivity index (χ3v) is 3.83. The van der Waals surface area contributed by atoms with Crippen LogP contribution in [0.1, 0.15) is 40.0 Å². The van der Waals surface area contributed by atoms with Crippen LogP contribution in [-0.2, 0) is 0 Å². The molecule has 0 saturated heterocycles. The highest BCUT2D eigenvalue weighted by atomic mass is 19.1. The molecule has 0 spiro atoms. The Balaban J connectivity index is 2.18. The predicted octanol–water partition coefficient (Wildman–Crippen LogP) is 4.22. The summed E-state index contributed by atoms with van der Waals surface area (Å²) in [6.45, 7) is 7.02. The number of hydrogen-bond donors (Lipinski definition) is 1. The zero-order valence-corrected chi connectivity index (χ0v) is 11.4. The van der Waals surface area contributed by atoms with Gasteiger partial charge >= 0.3 is 0 Å². The van der Waals surface area contributed by atoms with Crippen LogP contribution in [0.5, 0.6) is 5.75 Å². The van der Waals surface area contributed by atoms with Crippen LogP contribution >= 0.6 is 0 Å². The van der Waals surface area contributed by atoms with Gasteiger partial charge in [0, 0.05) is 12.1 Å². The Bertz CT molecular complexity index is 417. The van der Waals surface area contributed by atoms with Crippen LogP contribution in [0.4, 0.5) is 10.1 Å². The van der Waals surface area contributed by atoms with Crippen molar-refractivity contribution in [3.63, 3.8) is 0 Å². The van der Waals surface area contributed by atoms with E-state index in [9.17, 15) is 4.39 Å². The van der Waals surface area contributed by atoms with Gasteiger partial charge in [-0.25, -0.2) is 4.39 Å². The summed E-state index contributed by atoms with van der Waals surface area (Å²) in [7, 11) is 0. The summed E-state index contributed by atoms with van der Waals surface area (Å²) >= 11 is 0. The van der Waals surface area contributed by atoms with Crippen molar-refractivity contribution >= 4 is 5.69 Å². The third-order valence-electron chi connectivity index (χ3n) is 3.83. The summed E-state index contributed by atoms with van der Waals surface area (Å²) in [5, 5.41) is 3.52. The molecular weight excluding hydrogens is 229 g/mol. The number of rotatable bonds is 4. The predicted molar refractivity (Wildman–Crippen MR) is 72.6 cm³/mol. The molecule has 0 bridgehead atoms. The maximum absolute atomic E-state index is 13.2. The van der Waals surface area contributed by atoms with Gasteiger partial charge in [-0.1, -0.05) is 20.3 Å². The zero-order chi connectivity index (χ0) is 13.2. The Morgan fingerprint density at radius 3 is 2.83 bits per heavy atom. The van der Waals surface area contributed by atoms with E-state index in [1.54, 1.807) is 6.07 Å². The topological polar surface area (TPSA) is 21.3 Å². The monoisotopic (exact) mass is 251 g/mol. The molecule has 18 heavy (non-hydrogen) atoms. The molecule has 0 radical (unpaired) electrons. The van der Waals surface area contributed by atoms with Crippen LogP contribution in [0.2, 0.25) is 0 Å². The van der Waals surface area contributed by atoms with Gasteiger partial charge in [0.1, 0.15) is 11.6 Å². The van der Waals surface area contributed by atoms with Crippen molar-refractivity contribution in [2.75, 3.05) is 11.9 Å². The van der Waals surface area contributed by atoms with Crippen molar-refractivity contribution in [2.45, 2.75) is 46.1 Å². The van der Waals surface area contributed by atoms with Gasteiger partial charge < -0.3 is 10.1 Å². The molecule has 0 aromatic heterocycles. The fraction of sp³-hybridized carbons (Fsp3) is 0.600. The Morgan fingerprint density at radius 1 is 1.44 bits per heavy atom. The quantitative estimate of drug-likeness (QED) is 0.865. The van der Waals surface area contributed by atoms with E-state index in [-0.39, 0.29) is 11.2 Å². The smallest absolute Gasteiger partial charge is 0.145 e. The van der Waals surface area contributed by atoms with E-state index in [1.165, 1.54) is 25.0 Å². The Hall–Kier alpha value is -1.25. The first kappa shape index (κ1) is 13.2. The lowest BCUT2D eigenvalue weighted by molar-refractivity contribution is 0.333. The normalized spacial score (nSPS) is 21.9. The molecule has 1 aromatic carbocycles. The minimum Gasteiger partial charge on any atom is -0.492 e. The van der Waals surface area contributed by atoms with Crippen LogP contribution in [0.15, 0.2) is 18.2 Å². The summed E-state index contributed by atoms with van der Waals surface area (Å²) in [4.78, 5) is 0. The third kappa shape index (κ3) is 2.77. The van der Waals surface area contributed by atoms with E-state index in [0.717, 1.165) is 12.1 Å². The minimum atomic E-state index is -0.255. The van der Waals surface area contributed by atoms with Gasteiger partial charge in [0.05, 0.1) is 12.3 Å². The van der Waals surface area contributed by atoms with Crippen LogP contribution < -0.4 is 10.1 Å². The lowest BCUT2D eigenvalue weighted by Crippen LogP contribution is -2.31. The zero-order valence-electron chi connectivity index (χ0n) is 11.4. The summed E-state index contributed by atoms with van der Waals surface area (Å²) in [6, 6.07) is 5.14. The first-order valence-electron chi connectivity index (χ1n) is 6.72. The highest BCUT2D eigenvalue weighted by Crippen LogP contribution is 2.40. The molecule has 1 atom stereocenters. The molecule has 1 fully saturated rings. The Morgan fingerprint density at radius 2 is 2.22 bits per heavy atom. The summed E-state index contributed by atoms with van der Waals surface area (Å²) < 4.78 is 18.7. The number of ether oxygens (including phenoxy) is 1. The molecule has 1 aliphatic rings. The molecule has 1 aliphatic carbocycles. The largest absolute Gasteiger partial charge is 0.492 e. The average molecular weight is 251 g/mol. The second-order valence-corrected chi connectivity index (χ2v) is 5.65. The van der Waals surface area contributed by atoms with Crippen molar-refractivity contribution in [1.29, 1.82) is 0 Å². The highest BCUT2D eigenvalue weighted by molar-refractivity contribution is 5.57. The highest BCUT2D eigenvalue weighted by Gasteiger charge is 2.34. The molecule has 1 saturated carbocycles. The van der Waals surface area contributed by atoms with Crippen molar-refractivity contribution in [2.24, 2.45) is 5.41 Å². The molecular formula is C15H22FNO. The number of halogens is 1. The first-order valence-corrected chi connectivity index (χ1v) is 6.72. The molecule has 100 valence electrons. The summed E-state index contributed by atoms with van der Waals surface area (Å²) in [5.41, 5.74) is 1.19. The maximum Gasteiger partial charge on any atom is 0.145 e. The maximum atomic E-state index is 13.2. The molecule has 2 rings (SSSR count). The van der Waals surface area contributed by atoms with Gasteiger partial charge in [-0.15, -0.1) is 0 Å². The Kier molecular flexibility index (Phi) is 3.79. The van der Waals surface area contributed by atoms with Crippen molar-refractivity contribution < 1.29 is 9.13 Å². The van der Waals surface area contributed by atoms with Gasteiger partial charge in [0.25, 0.3) is 0 Å². The van der Waals surface area contributed by atoms with Gasteiger partial charge in [0.2, 0.25) is 0 Å². The Labute approximate surface area is 109 Å². The van der Waals surface area contributed by atoms with Crippen LogP contribution in [0, 0.1) is 11.2 Å². The molecule has 1 unspecified atom stereocenters. The average Bonchev–Trinajstić information content (AvgIpc) is 2.62. The van der Waals surface area contributed by atoms with Gasteiger partial charge in [-0.05, 0) is 37.3 Å². The van der Waals surface area contributed by atoms with E-state index in [2.05, 4.69) is 19.2 Å². The van der Waals surface area contributed by atoms with Gasteiger partial charge in [-0.3, -0.25) is 0 Å². The molecule has 1 N–H and O–H groups in total. The van der Waals surface area contributed by atoms with E-state index in [0.29, 0.717) is 18.4 Å². The molecule has 1 aromatic rings. The van der Waals surface area contributed by atoms with Crippen LogP contribution in [0.25, 0.3) is 0 Å². The molecule has 0 heterocycles. The molecule has 2 nitrogen and oxygen atoms in total. The van der Waals surface area contributed by atoms with E-state index in [4.69, 9.17) is 4.74 Å². The lowest BCUT2D eigenvalue weighted by Gasteiger charge is -2.29. The lowest BCUT2D eigenvalue weighted by atomic mass is 9.87. The van der Waals surface area contributed by atoms with E-state index >= 15 is 0 Å². The fourth-order valence-electron chi connectivity index (χ4n) is 2.67. The summed E-state index contributed by atoms with van der Waals surface area (Å²) in [5.74, 6) is 0.356. The van der Waals surface area contributed by atoms with E-state index in [1.807, 2.05) is 6.92 Å². The number of anilines is 1. The van der Waals surface area contributed by atoms with Crippen molar-refractivity contribution in [3.8, 4) is 5.75 Å². The fourth-order valence-corrected chi connectivity index (χ4v) is 2.67. The van der Waals surface area contributed by atoms with E-state index < -0.39 is 0 Å². The number of hydrogen-bond acceptors (Lipinski definition) is 2. The minimum absolute atomic E-state index is 0.255.